The van der Waals surface area contributed by atoms with Crippen molar-refractivity contribution in [3.8, 4) is 0 Å². The maximum atomic E-state index is 8.74. The number of rotatable bonds is 11. The molecule has 0 aliphatic heterocycles. The first-order valence-electron chi connectivity index (χ1n) is 7.17. The van der Waals surface area contributed by atoms with Crippen molar-refractivity contribution in [2.45, 2.75) is 77.6 Å². The van der Waals surface area contributed by atoms with E-state index >= 15 is 0 Å². The summed E-state index contributed by atoms with van der Waals surface area (Å²) in [6.07, 6.45) is 14.8. The Labute approximate surface area is 112 Å². The molecule has 4 nitrogen and oxygen atoms in total. The Kier molecular flexibility index (Phi) is 22.1. The van der Waals surface area contributed by atoms with Gasteiger partial charge in [-0.05, 0) is 6.42 Å². The van der Waals surface area contributed by atoms with Gasteiger partial charge in [-0.25, -0.2) is 0 Å². The lowest BCUT2D eigenvalue weighted by Gasteiger charge is -2.01. The Morgan fingerprint density at radius 1 is 0.722 bits per heavy atom. The van der Waals surface area contributed by atoms with E-state index in [0.29, 0.717) is 6.61 Å². The van der Waals surface area contributed by atoms with Crippen LogP contribution in [0.15, 0.2) is 0 Å². The molecule has 0 heterocycles. The summed E-state index contributed by atoms with van der Waals surface area (Å²) in [5.41, 5.74) is 0. The molecule has 0 aliphatic rings. The van der Waals surface area contributed by atoms with Gasteiger partial charge in [0, 0.05) is 6.61 Å². The van der Waals surface area contributed by atoms with Gasteiger partial charge in [-0.2, -0.15) is 0 Å². The lowest BCUT2D eigenvalue weighted by Crippen LogP contribution is -1.84. The summed E-state index contributed by atoms with van der Waals surface area (Å²) >= 11 is 0. The van der Waals surface area contributed by atoms with Crippen molar-refractivity contribution in [2.24, 2.45) is 0 Å². The van der Waals surface area contributed by atoms with E-state index in [0.717, 1.165) is 6.42 Å². The highest BCUT2D eigenvalue weighted by molar-refractivity contribution is 7.30. The van der Waals surface area contributed by atoms with E-state index in [1.165, 1.54) is 64.2 Å². The fourth-order valence-corrected chi connectivity index (χ4v) is 1.78. The first-order chi connectivity index (χ1) is 8.65. The smallest absolute Gasteiger partial charge is 0.314 e. The van der Waals surface area contributed by atoms with E-state index in [1.54, 1.807) is 0 Å². The van der Waals surface area contributed by atoms with Gasteiger partial charge in [-0.15, -0.1) is 0 Å². The predicted octanol–water partition coefficient (Wildman–Crippen LogP) is 3.65. The molecule has 112 valence electrons. The Bertz CT molecular complexity index is 149. The molecule has 0 spiro atoms. The zero-order chi connectivity index (χ0) is 14.1. The van der Waals surface area contributed by atoms with E-state index in [9.17, 15) is 0 Å². The Morgan fingerprint density at radius 2 is 1.00 bits per heavy atom. The van der Waals surface area contributed by atoms with Crippen molar-refractivity contribution in [3.63, 3.8) is 0 Å². The second kappa shape index (κ2) is 19.4. The molecule has 0 aromatic rings. The molecular formula is C13H31O4P. The fourth-order valence-electron chi connectivity index (χ4n) is 1.78. The summed E-state index contributed by atoms with van der Waals surface area (Å²) in [5, 5.41) is 8.59. The van der Waals surface area contributed by atoms with Gasteiger partial charge in [0.05, 0.1) is 0 Å². The van der Waals surface area contributed by atoms with Gasteiger partial charge in [-0.3, -0.25) is 4.57 Å². The molecule has 0 aliphatic carbocycles. The monoisotopic (exact) mass is 282 g/mol. The molecule has 0 unspecified atom stereocenters. The fraction of sp³-hybridized carbons (Fsp3) is 1.00. The van der Waals surface area contributed by atoms with Crippen LogP contribution in [0.4, 0.5) is 0 Å². The van der Waals surface area contributed by atoms with Crippen molar-refractivity contribution in [2.75, 3.05) is 6.61 Å². The second-order valence-corrected chi connectivity index (χ2v) is 5.11. The number of aliphatic hydroxyl groups excluding tert-OH is 1. The summed E-state index contributed by atoms with van der Waals surface area (Å²) in [5.74, 6) is 0. The van der Waals surface area contributed by atoms with Crippen LogP contribution in [0.1, 0.15) is 77.6 Å². The summed E-state index contributed by atoms with van der Waals surface area (Å²) in [4.78, 5) is 14.3. The van der Waals surface area contributed by atoms with Crippen molar-refractivity contribution in [1.29, 1.82) is 0 Å². The third kappa shape index (κ3) is 29.8. The van der Waals surface area contributed by atoms with Crippen LogP contribution in [0.2, 0.25) is 0 Å². The molecular weight excluding hydrogens is 251 g/mol. The molecule has 0 amide bonds. The number of hydrogen-bond acceptors (Lipinski definition) is 2. The molecule has 3 N–H and O–H groups in total. The summed E-state index contributed by atoms with van der Waals surface area (Å²) in [6.45, 7) is 2.64. The summed E-state index contributed by atoms with van der Waals surface area (Å²) in [6, 6.07) is 0. The molecule has 18 heavy (non-hydrogen) atoms. The van der Waals surface area contributed by atoms with Gasteiger partial charge in [0.2, 0.25) is 0 Å². The normalized spacial score (nSPS) is 10.3. The largest absolute Gasteiger partial charge is 0.396 e. The molecule has 0 bridgehead atoms. The van der Waals surface area contributed by atoms with Crippen LogP contribution in [0.3, 0.4) is 0 Å². The van der Waals surface area contributed by atoms with Gasteiger partial charge >= 0.3 is 8.25 Å². The SMILES string of the molecule is CCCCCCCCCCCCCO.O=[PH](O)O. The zero-order valence-electron chi connectivity index (χ0n) is 11.7. The zero-order valence-corrected chi connectivity index (χ0v) is 12.7. The van der Waals surface area contributed by atoms with Crippen molar-refractivity contribution < 1.29 is 19.5 Å². The number of unbranched alkanes of at least 4 members (excludes halogenated alkanes) is 10. The molecule has 0 aromatic carbocycles. The van der Waals surface area contributed by atoms with Crippen molar-refractivity contribution >= 4 is 8.25 Å². The maximum Gasteiger partial charge on any atom is 0.314 e. The van der Waals surface area contributed by atoms with Gasteiger partial charge in [-0.1, -0.05) is 71.1 Å². The van der Waals surface area contributed by atoms with Crippen LogP contribution < -0.4 is 0 Å². The van der Waals surface area contributed by atoms with E-state index in [1.807, 2.05) is 0 Å². The molecule has 0 saturated carbocycles. The molecule has 0 fully saturated rings. The standard InChI is InChI=1S/C13H28O.H3O3P/c1-2-3-4-5-6-7-8-9-10-11-12-13-14;1-4(2)3/h14H,2-13H2,1H3;4H,(H2,1,2,3). The lowest BCUT2D eigenvalue weighted by atomic mass is 10.1. The van der Waals surface area contributed by atoms with Crippen LogP contribution >= 0.6 is 8.25 Å². The summed E-state index contributed by atoms with van der Waals surface area (Å²) < 4.78 is 8.74. The Balaban J connectivity index is 0. The highest BCUT2D eigenvalue weighted by Crippen LogP contribution is 2.10. The van der Waals surface area contributed by atoms with Crippen molar-refractivity contribution in [3.05, 3.63) is 0 Å². The van der Waals surface area contributed by atoms with Gasteiger partial charge < -0.3 is 14.9 Å². The Hall–Kier alpha value is 0.110. The highest BCUT2D eigenvalue weighted by atomic mass is 31.1. The molecule has 0 saturated heterocycles. The highest BCUT2D eigenvalue weighted by Gasteiger charge is 1.91. The van der Waals surface area contributed by atoms with E-state index in [2.05, 4.69) is 6.92 Å². The number of aliphatic hydroxyl groups is 1. The molecule has 0 rings (SSSR count). The van der Waals surface area contributed by atoms with Crippen LogP contribution in [-0.4, -0.2) is 21.5 Å². The van der Waals surface area contributed by atoms with Crippen LogP contribution in [-0.2, 0) is 4.57 Å². The van der Waals surface area contributed by atoms with Crippen LogP contribution in [0.5, 0.6) is 0 Å². The van der Waals surface area contributed by atoms with Crippen molar-refractivity contribution in [1.82, 2.24) is 0 Å². The van der Waals surface area contributed by atoms with E-state index in [-0.39, 0.29) is 0 Å². The number of hydrogen-bond donors (Lipinski definition) is 3. The third-order valence-corrected chi connectivity index (χ3v) is 2.76. The quantitative estimate of drug-likeness (QED) is 0.399. The minimum atomic E-state index is -3.13. The minimum absolute atomic E-state index is 0.372. The first kappa shape index (κ1) is 20.4. The van der Waals surface area contributed by atoms with Gasteiger partial charge in [0.1, 0.15) is 0 Å². The van der Waals surface area contributed by atoms with Crippen LogP contribution in [0, 0.1) is 0 Å². The average Bonchev–Trinajstić information content (AvgIpc) is 2.31. The van der Waals surface area contributed by atoms with Gasteiger partial charge in [0.15, 0.2) is 0 Å². The molecule has 0 aromatic heterocycles. The predicted molar refractivity (Wildman–Crippen MR) is 77.0 cm³/mol. The van der Waals surface area contributed by atoms with E-state index in [4.69, 9.17) is 19.5 Å². The second-order valence-electron chi connectivity index (χ2n) is 4.54. The Morgan fingerprint density at radius 3 is 1.28 bits per heavy atom. The topological polar surface area (TPSA) is 77.8 Å². The minimum Gasteiger partial charge on any atom is -0.396 e. The van der Waals surface area contributed by atoms with E-state index < -0.39 is 8.25 Å². The molecule has 0 radical (unpaired) electrons. The summed E-state index contributed by atoms with van der Waals surface area (Å²) in [7, 11) is -3.13. The third-order valence-electron chi connectivity index (χ3n) is 2.76. The molecule has 5 heteroatoms. The van der Waals surface area contributed by atoms with Gasteiger partial charge in [0.25, 0.3) is 0 Å². The first-order valence-corrected chi connectivity index (χ1v) is 8.48. The maximum absolute atomic E-state index is 8.74. The lowest BCUT2D eigenvalue weighted by molar-refractivity contribution is 0.282. The van der Waals surface area contributed by atoms with Crippen LogP contribution in [0.25, 0.3) is 0 Å². The molecule has 0 atom stereocenters. The average molecular weight is 282 g/mol.